The maximum absolute atomic E-state index is 3.00. The molecule has 0 atom stereocenters. The lowest BCUT2D eigenvalue weighted by Gasteiger charge is -2.34. The Hall–Kier alpha value is -1.82. The van der Waals surface area contributed by atoms with Crippen molar-refractivity contribution in [1.82, 2.24) is 0 Å². The van der Waals surface area contributed by atoms with E-state index < -0.39 is 0 Å². The van der Waals surface area contributed by atoms with Gasteiger partial charge in [0.05, 0.1) is 0 Å². The highest BCUT2D eigenvalue weighted by molar-refractivity contribution is 5.39. The Morgan fingerprint density at radius 3 is 1.52 bits per heavy atom. The van der Waals surface area contributed by atoms with E-state index in [4.69, 9.17) is 0 Å². The molecule has 0 heteroatoms. The van der Waals surface area contributed by atoms with E-state index in [-0.39, 0.29) is 5.41 Å². The van der Waals surface area contributed by atoms with Gasteiger partial charge in [-0.05, 0) is 24.0 Å². The first-order valence-electron chi connectivity index (χ1n) is 7.94. The minimum absolute atomic E-state index is 0.179. The van der Waals surface area contributed by atoms with Gasteiger partial charge in [0.15, 0.2) is 0 Å². The van der Waals surface area contributed by atoms with Crippen LogP contribution in [0.4, 0.5) is 0 Å². The summed E-state index contributed by atoms with van der Waals surface area (Å²) < 4.78 is 0. The van der Waals surface area contributed by atoms with E-state index in [2.05, 4.69) is 87.7 Å². The van der Waals surface area contributed by atoms with Crippen molar-refractivity contribution in [2.24, 2.45) is 0 Å². The van der Waals surface area contributed by atoms with Crippen molar-refractivity contribution < 1.29 is 0 Å². The molecular weight excluding hydrogens is 252 g/mol. The molecule has 0 heterocycles. The first-order valence-corrected chi connectivity index (χ1v) is 7.94. The second-order valence-electron chi connectivity index (χ2n) is 5.27. The van der Waals surface area contributed by atoms with E-state index in [0.717, 1.165) is 6.42 Å². The predicted octanol–water partition coefficient (Wildman–Crippen LogP) is 6.38. The zero-order valence-corrected chi connectivity index (χ0v) is 13.5. The van der Waals surface area contributed by atoms with Gasteiger partial charge in [-0.25, -0.2) is 0 Å². The lowest BCUT2D eigenvalue weighted by atomic mass is 9.69. The first kappa shape index (κ1) is 17.2. The lowest BCUT2D eigenvalue weighted by molar-refractivity contribution is 0.437. The summed E-state index contributed by atoms with van der Waals surface area (Å²) in [7, 11) is 0. The summed E-state index contributed by atoms with van der Waals surface area (Å²) in [4.78, 5) is 0. The average Bonchev–Trinajstić information content (AvgIpc) is 2.60. The predicted molar refractivity (Wildman–Crippen MR) is 94.7 cm³/mol. The Bertz CT molecular complexity index is 444. The minimum Gasteiger partial charge on any atom is -0.106 e. The van der Waals surface area contributed by atoms with E-state index in [1.165, 1.54) is 30.4 Å². The van der Waals surface area contributed by atoms with Gasteiger partial charge in [-0.2, -0.15) is 0 Å². The maximum atomic E-state index is 3.00. The van der Waals surface area contributed by atoms with Crippen molar-refractivity contribution in [3.05, 3.63) is 84.9 Å². The fourth-order valence-electron chi connectivity index (χ4n) is 3.03. The molecule has 2 rings (SSSR count). The third-order valence-electron chi connectivity index (χ3n) is 4.21. The van der Waals surface area contributed by atoms with Crippen LogP contribution in [0, 0.1) is 0 Å². The molecule has 2 aromatic rings. The number of hydrogen-bond donors (Lipinski definition) is 0. The monoisotopic (exact) mass is 280 g/mol. The zero-order chi connectivity index (χ0) is 15.6. The third kappa shape index (κ3) is 4.07. The van der Waals surface area contributed by atoms with Crippen molar-refractivity contribution in [3.63, 3.8) is 0 Å². The van der Waals surface area contributed by atoms with Crippen LogP contribution in [0.3, 0.4) is 0 Å². The molecule has 0 spiro atoms. The van der Waals surface area contributed by atoms with E-state index in [1.54, 1.807) is 0 Å². The Kier molecular flexibility index (Phi) is 7.53. The van der Waals surface area contributed by atoms with Crippen LogP contribution in [-0.4, -0.2) is 0 Å². The lowest BCUT2D eigenvalue weighted by Crippen LogP contribution is -2.26. The normalized spacial score (nSPS) is 10.6. The van der Waals surface area contributed by atoms with Gasteiger partial charge in [-0.3, -0.25) is 0 Å². The van der Waals surface area contributed by atoms with Crippen molar-refractivity contribution in [2.45, 2.75) is 44.9 Å². The molecule has 0 aliphatic rings. The minimum atomic E-state index is 0.179. The van der Waals surface area contributed by atoms with Crippen LogP contribution >= 0.6 is 0 Å². The van der Waals surface area contributed by atoms with Gasteiger partial charge in [0.25, 0.3) is 0 Å². The number of hydrogen-bond acceptors (Lipinski definition) is 0. The Labute approximate surface area is 130 Å². The molecule has 0 saturated heterocycles. The molecule has 0 N–H and O–H groups in total. The third-order valence-corrected chi connectivity index (χ3v) is 4.21. The van der Waals surface area contributed by atoms with Crippen LogP contribution in [-0.2, 0) is 5.41 Å². The summed E-state index contributed by atoms with van der Waals surface area (Å²) in [6.07, 6.45) is 4.91. The quantitative estimate of drug-likeness (QED) is 0.539. The molecule has 0 aliphatic carbocycles. The molecule has 0 fully saturated rings. The molecule has 112 valence electrons. The summed E-state index contributed by atoms with van der Waals surface area (Å²) in [6, 6.07) is 22.0. The van der Waals surface area contributed by atoms with Gasteiger partial charge >= 0.3 is 0 Å². The number of benzene rings is 2. The molecule has 0 aromatic heterocycles. The van der Waals surface area contributed by atoms with Crippen LogP contribution in [0.25, 0.3) is 0 Å². The fraction of sp³-hybridized carbons (Fsp3) is 0.333. The number of unbranched alkanes of at least 4 members (excludes halogenated alkanes) is 1. The van der Waals surface area contributed by atoms with Crippen LogP contribution in [0.5, 0.6) is 0 Å². The van der Waals surface area contributed by atoms with E-state index in [1.807, 2.05) is 0 Å². The van der Waals surface area contributed by atoms with Gasteiger partial charge in [0.2, 0.25) is 0 Å². The molecule has 2 aromatic carbocycles. The van der Waals surface area contributed by atoms with Gasteiger partial charge in [-0.1, -0.05) is 87.4 Å². The first-order chi connectivity index (χ1) is 10.3. The Balaban J connectivity index is 0.00000106. The fourth-order valence-corrected chi connectivity index (χ4v) is 3.03. The smallest absolute Gasteiger partial charge is 0.0200 e. The molecule has 0 amide bonds. The summed E-state index contributed by atoms with van der Waals surface area (Å²) in [5, 5.41) is 0. The molecule has 0 saturated carbocycles. The summed E-state index contributed by atoms with van der Waals surface area (Å²) in [5.74, 6) is 0. The standard InChI is InChI=1S/C19H24.C2H4/c1-3-5-16-19(4-2,17-12-8-6-9-13-17)18-14-10-7-11-15-18;1-2/h6-15H,3-5,16H2,1-2H3;1-2H2. The maximum Gasteiger partial charge on any atom is 0.0200 e. The van der Waals surface area contributed by atoms with Crippen LogP contribution in [0.15, 0.2) is 73.8 Å². The molecule has 0 radical (unpaired) electrons. The van der Waals surface area contributed by atoms with Crippen molar-refractivity contribution >= 4 is 0 Å². The zero-order valence-electron chi connectivity index (χ0n) is 13.5. The van der Waals surface area contributed by atoms with Crippen molar-refractivity contribution in [3.8, 4) is 0 Å². The molecule has 21 heavy (non-hydrogen) atoms. The molecule has 0 bridgehead atoms. The van der Waals surface area contributed by atoms with E-state index in [0.29, 0.717) is 0 Å². The molecule has 0 nitrogen and oxygen atoms in total. The topological polar surface area (TPSA) is 0 Å². The van der Waals surface area contributed by atoms with Gasteiger partial charge in [0.1, 0.15) is 0 Å². The van der Waals surface area contributed by atoms with Crippen molar-refractivity contribution in [1.29, 1.82) is 0 Å². The summed E-state index contributed by atoms with van der Waals surface area (Å²) in [6.45, 7) is 10.6. The van der Waals surface area contributed by atoms with Crippen LogP contribution < -0.4 is 0 Å². The molecule has 0 aliphatic heterocycles. The largest absolute Gasteiger partial charge is 0.106 e. The second kappa shape index (κ2) is 9.18. The highest BCUT2D eigenvalue weighted by Crippen LogP contribution is 2.39. The van der Waals surface area contributed by atoms with E-state index >= 15 is 0 Å². The molecular formula is C21H28. The SMILES string of the molecule is C=C.CCCCC(CC)(c1ccccc1)c1ccccc1. The van der Waals surface area contributed by atoms with Crippen LogP contribution in [0.2, 0.25) is 0 Å². The highest BCUT2D eigenvalue weighted by Gasteiger charge is 2.31. The molecule has 0 unspecified atom stereocenters. The number of rotatable bonds is 6. The van der Waals surface area contributed by atoms with E-state index in [9.17, 15) is 0 Å². The van der Waals surface area contributed by atoms with Gasteiger partial charge in [-0.15, -0.1) is 13.2 Å². The van der Waals surface area contributed by atoms with Crippen LogP contribution in [0.1, 0.15) is 50.7 Å². The summed E-state index contributed by atoms with van der Waals surface area (Å²) in [5.41, 5.74) is 3.09. The van der Waals surface area contributed by atoms with Gasteiger partial charge in [0, 0.05) is 5.41 Å². The second-order valence-corrected chi connectivity index (χ2v) is 5.27. The Morgan fingerprint density at radius 1 is 0.762 bits per heavy atom. The van der Waals surface area contributed by atoms with Crippen molar-refractivity contribution in [2.75, 3.05) is 0 Å². The highest BCUT2D eigenvalue weighted by atomic mass is 14.3. The average molecular weight is 280 g/mol. The van der Waals surface area contributed by atoms with Gasteiger partial charge < -0.3 is 0 Å². The Morgan fingerprint density at radius 2 is 1.19 bits per heavy atom. The summed E-state index contributed by atoms with van der Waals surface area (Å²) >= 11 is 0.